The number of likely N-dealkylation sites (N-methyl/N-ethyl adjacent to an activating group) is 1. The third-order valence-corrected chi connectivity index (χ3v) is 5.99. The molecule has 0 fully saturated rings. The quantitative estimate of drug-likeness (QED) is 0.691. The molecule has 0 bridgehead atoms. The number of amides is 1. The van der Waals surface area contributed by atoms with Crippen LogP contribution in [0.3, 0.4) is 0 Å². The van der Waals surface area contributed by atoms with Crippen molar-refractivity contribution in [1.29, 1.82) is 0 Å². The van der Waals surface area contributed by atoms with E-state index in [1.807, 2.05) is 6.92 Å². The maximum Gasteiger partial charge on any atom is 0.251 e. The molecule has 1 heterocycles. The zero-order valence-electron chi connectivity index (χ0n) is 14.6. The minimum atomic E-state index is -3.57. The highest BCUT2D eigenvalue weighted by Gasteiger charge is 2.20. The van der Waals surface area contributed by atoms with Gasteiger partial charge in [-0.1, -0.05) is 17.7 Å². The van der Waals surface area contributed by atoms with E-state index in [-0.39, 0.29) is 23.9 Å². The van der Waals surface area contributed by atoms with Crippen molar-refractivity contribution in [3.63, 3.8) is 0 Å². The number of aryl methyl sites for hydroxylation is 1. The lowest BCUT2D eigenvalue weighted by molar-refractivity contribution is 0.0952. The van der Waals surface area contributed by atoms with E-state index in [9.17, 15) is 13.2 Å². The number of aromatic nitrogens is 2. The maximum absolute atomic E-state index is 12.5. The summed E-state index contributed by atoms with van der Waals surface area (Å²) in [6.45, 7) is 2.28. The van der Waals surface area contributed by atoms with Gasteiger partial charge in [0, 0.05) is 25.7 Å². The topological polar surface area (TPSA) is 95.2 Å². The monoisotopic (exact) mass is 372 g/mol. The fourth-order valence-corrected chi connectivity index (χ4v) is 3.69. The molecule has 0 spiro atoms. The van der Waals surface area contributed by atoms with Gasteiger partial charge < -0.3 is 10.3 Å². The molecule has 2 N–H and O–H groups in total. The Hall–Kier alpha value is -2.71. The van der Waals surface area contributed by atoms with Crippen LogP contribution in [0.5, 0.6) is 0 Å². The van der Waals surface area contributed by atoms with Gasteiger partial charge in [-0.25, -0.2) is 13.4 Å². The molecule has 2 aromatic carbocycles. The van der Waals surface area contributed by atoms with E-state index >= 15 is 0 Å². The van der Waals surface area contributed by atoms with Crippen molar-refractivity contribution >= 4 is 27.0 Å². The number of hydrogen-bond donors (Lipinski definition) is 2. The highest BCUT2D eigenvalue weighted by atomic mass is 32.2. The van der Waals surface area contributed by atoms with Crippen LogP contribution in [0.4, 0.5) is 0 Å². The zero-order chi connectivity index (χ0) is 18.7. The first-order valence-corrected chi connectivity index (χ1v) is 9.56. The summed E-state index contributed by atoms with van der Waals surface area (Å²) < 4.78 is 26.2. The molecule has 0 radical (unpaired) electrons. The summed E-state index contributed by atoms with van der Waals surface area (Å²) in [7, 11) is -2.07. The number of benzene rings is 2. The van der Waals surface area contributed by atoms with Crippen LogP contribution in [0.1, 0.15) is 15.9 Å². The van der Waals surface area contributed by atoms with Gasteiger partial charge in [-0.2, -0.15) is 4.31 Å². The molecule has 7 nitrogen and oxygen atoms in total. The Bertz CT molecular complexity index is 1030. The van der Waals surface area contributed by atoms with Gasteiger partial charge in [0.1, 0.15) is 0 Å². The Labute approximate surface area is 152 Å². The molecule has 8 heteroatoms. The highest BCUT2D eigenvalue weighted by Crippen LogP contribution is 2.15. The fraction of sp³-hybridized carbons (Fsp3) is 0.222. The average Bonchev–Trinajstić information content (AvgIpc) is 3.09. The number of carbonyl (C=O) groups excluding carboxylic acids is 1. The number of imidazole rings is 1. The molecule has 1 aromatic heterocycles. The predicted octanol–water partition coefficient (Wildman–Crippen LogP) is 1.92. The smallest absolute Gasteiger partial charge is 0.251 e. The van der Waals surface area contributed by atoms with Crippen LogP contribution in [-0.4, -0.2) is 48.7 Å². The van der Waals surface area contributed by atoms with Crippen molar-refractivity contribution < 1.29 is 13.2 Å². The number of fused-ring (bicyclic) bond motifs is 1. The lowest BCUT2D eigenvalue weighted by Gasteiger charge is -2.17. The minimum absolute atomic E-state index is 0.175. The van der Waals surface area contributed by atoms with Gasteiger partial charge >= 0.3 is 0 Å². The Morgan fingerprint density at radius 2 is 1.92 bits per heavy atom. The van der Waals surface area contributed by atoms with Crippen molar-refractivity contribution in [3.05, 3.63) is 59.9 Å². The average molecular weight is 372 g/mol. The first-order chi connectivity index (χ1) is 12.4. The molecular weight excluding hydrogens is 352 g/mol. The second-order valence-electron chi connectivity index (χ2n) is 6.03. The number of nitrogens with zero attached hydrogens (tertiary/aromatic N) is 2. The second-order valence-corrected chi connectivity index (χ2v) is 8.07. The van der Waals surface area contributed by atoms with Gasteiger partial charge in [0.25, 0.3) is 5.91 Å². The molecule has 3 rings (SSSR count). The van der Waals surface area contributed by atoms with Crippen LogP contribution in [-0.2, 0) is 10.0 Å². The normalized spacial score (nSPS) is 11.8. The van der Waals surface area contributed by atoms with E-state index in [2.05, 4.69) is 15.3 Å². The number of aromatic amines is 1. The SMILES string of the molecule is Cc1ccc(S(=O)(=O)N(C)CCNC(=O)c2ccc3nc[nH]c3c2)cc1. The van der Waals surface area contributed by atoms with Crippen LogP contribution >= 0.6 is 0 Å². The van der Waals surface area contributed by atoms with E-state index < -0.39 is 10.0 Å². The van der Waals surface area contributed by atoms with Crippen LogP contribution in [0, 0.1) is 6.92 Å². The van der Waals surface area contributed by atoms with Gasteiger partial charge in [-0.15, -0.1) is 0 Å². The zero-order valence-corrected chi connectivity index (χ0v) is 15.4. The number of carbonyl (C=O) groups is 1. The highest BCUT2D eigenvalue weighted by molar-refractivity contribution is 7.89. The molecule has 26 heavy (non-hydrogen) atoms. The van der Waals surface area contributed by atoms with Crippen molar-refractivity contribution in [2.24, 2.45) is 0 Å². The van der Waals surface area contributed by atoms with Gasteiger partial charge in [0.15, 0.2) is 0 Å². The molecule has 0 saturated carbocycles. The van der Waals surface area contributed by atoms with Crippen LogP contribution < -0.4 is 5.32 Å². The van der Waals surface area contributed by atoms with E-state index in [4.69, 9.17) is 0 Å². The molecule has 0 unspecified atom stereocenters. The van der Waals surface area contributed by atoms with E-state index in [1.165, 1.54) is 11.4 Å². The lowest BCUT2D eigenvalue weighted by atomic mass is 10.2. The van der Waals surface area contributed by atoms with Gasteiger partial charge in [0.05, 0.1) is 22.3 Å². The third kappa shape index (κ3) is 3.76. The summed E-state index contributed by atoms with van der Waals surface area (Å²) in [6.07, 6.45) is 1.57. The summed E-state index contributed by atoms with van der Waals surface area (Å²) in [6, 6.07) is 11.8. The molecule has 0 aliphatic heterocycles. The minimum Gasteiger partial charge on any atom is -0.351 e. The molecule has 1 amide bonds. The van der Waals surface area contributed by atoms with Crippen molar-refractivity contribution in [2.45, 2.75) is 11.8 Å². The van der Waals surface area contributed by atoms with Crippen molar-refractivity contribution in [1.82, 2.24) is 19.6 Å². The maximum atomic E-state index is 12.5. The number of rotatable bonds is 6. The van der Waals surface area contributed by atoms with E-state index in [1.54, 1.807) is 48.8 Å². The Morgan fingerprint density at radius 3 is 2.65 bits per heavy atom. The number of hydrogen-bond acceptors (Lipinski definition) is 4. The Balaban J connectivity index is 1.59. The summed E-state index contributed by atoms with van der Waals surface area (Å²) in [5.74, 6) is -0.261. The predicted molar refractivity (Wildman–Crippen MR) is 99.4 cm³/mol. The Morgan fingerprint density at radius 1 is 1.19 bits per heavy atom. The van der Waals surface area contributed by atoms with Crippen molar-refractivity contribution in [2.75, 3.05) is 20.1 Å². The van der Waals surface area contributed by atoms with Gasteiger partial charge in [-0.3, -0.25) is 4.79 Å². The molecule has 0 saturated heterocycles. The molecule has 0 aliphatic rings. The first-order valence-electron chi connectivity index (χ1n) is 8.12. The van der Waals surface area contributed by atoms with Crippen LogP contribution in [0.15, 0.2) is 53.7 Å². The largest absolute Gasteiger partial charge is 0.351 e. The molecule has 3 aromatic rings. The fourth-order valence-electron chi connectivity index (χ4n) is 2.52. The van der Waals surface area contributed by atoms with Gasteiger partial charge in [-0.05, 0) is 37.3 Å². The number of H-pyrrole nitrogens is 1. The van der Waals surface area contributed by atoms with Crippen molar-refractivity contribution in [3.8, 4) is 0 Å². The molecule has 0 aliphatic carbocycles. The standard InChI is InChI=1S/C18H20N4O3S/c1-13-3-6-15(7-4-13)26(24,25)22(2)10-9-19-18(23)14-5-8-16-17(11-14)21-12-20-16/h3-8,11-12H,9-10H2,1-2H3,(H,19,23)(H,20,21). The second kappa shape index (κ2) is 7.27. The number of nitrogens with one attached hydrogen (secondary N) is 2. The lowest BCUT2D eigenvalue weighted by Crippen LogP contribution is -2.36. The molecule has 0 atom stereocenters. The van der Waals surface area contributed by atoms with Crippen LogP contribution in [0.25, 0.3) is 11.0 Å². The van der Waals surface area contributed by atoms with E-state index in [0.29, 0.717) is 5.56 Å². The Kier molecular flexibility index (Phi) is 5.06. The number of sulfonamides is 1. The third-order valence-electron chi connectivity index (χ3n) is 4.12. The summed E-state index contributed by atoms with van der Waals surface area (Å²) in [5, 5.41) is 2.74. The molecule has 136 valence electrons. The summed E-state index contributed by atoms with van der Waals surface area (Å²) in [4.78, 5) is 19.5. The summed E-state index contributed by atoms with van der Waals surface area (Å²) in [5.41, 5.74) is 3.04. The first kappa shape index (κ1) is 18.1. The van der Waals surface area contributed by atoms with Crippen LogP contribution in [0.2, 0.25) is 0 Å². The van der Waals surface area contributed by atoms with Gasteiger partial charge in [0.2, 0.25) is 10.0 Å². The van der Waals surface area contributed by atoms with E-state index in [0.717, 1.165) is 16.6 Å². The summed E-state index contributed by atoms with van der Waals surface area (Å²) >= 11 is 0. The molecular formula is C18H20N4O3S.